The van der Waals surface area contributed by atoms with Crippen molar-refractivity contribution in [1.82, 2.24) is 0 Å². The molecule has 1 atom stereocenters. The zero-order chi connectivity index (χ0) is 8.55. The van der Waals surface area contributed by atoms with E-state index in [0.717, 1.165) is 17.0 Å². The summed E-state index contributed by atoms with van der Waals surface area (Å²) in [6.45, 7) is 0. The minimum atomic E-state index is 0.0268. The standard InChI is InChI=1S/C8H10N2OS/c9-5-1-2-7(11)10-6-3-4-12-8(5)6/h3-5H,1-2,9H2,(H,10,11)/t5-/m1/s1. The molecule has 1 amide bonds. The highest BCUT2D eigenvalue weighted by molar-refractivity contribution is 7.10. The van der Waals surface area contributed by atoms with E-state index in [1.165, 1.54) is 0 Å². The molecule has 0 bridgehead atoms. The molecule has 0 spiro atoms. The maximum atomic E-state index is 11.1. The lowest BCUT2D eigenvalue weighted by Crippen LogP contribution is -2.09. The fourth-order valence-electron chi connectivity index (χ4n) is 1.34. The predicted molar refractivity (Wildman–Crippen MR) is 49.1 cm³/mol. The van der Waals surface area contributed by atoms with Gasteiger partial charge in [0.1, 0.15) is 0 Å². The fourth-order valence-corrected chi connectivity index (χ4v) is 2.23. The summed E-state index contributed by atoms with van der Waals surface area (Å²) in [5.41, 5.74) is 6.77. The van der Waals surface area contributed by atoms with Crippen molar-refractivity contribution in [2.24, 2.45) is 5.73 Å². The van der Waals surface area contributed by atoms with Gasteiger partial charge in [-0.1, -0.05) is 0 Å². The van der Waals surface area contributed by atoms with Gasteiger partial charge in [0.15, 0.2) is 0 Å². The fraction of sp³-hybridized carbons (Fsp3) is 0.375. The highest BCUT2D eigenvalue weighted by Gasteiger charge is 2.19. The van der Waals surface area contributed by atoms with Crippen LogP contribution in [-0.4, -0.2) is 5.91 Å². The Bertz CT molecular complexity index is 308. The molecule has 2 rings (SSSR count). The van der Waals surface area contributed by atoms with Gasteiger partial charge in [-0.05, 0) is 17.9 Å². The number of carbonyl (C=O) groups excluding carboxylic acids is 1. The summed E-state index contributed by atoms with van der Waals surface area (Å²) < 4.78 is 0. The minimum Gasteiger partial charge on any atom is -0.325 e. The van der Waals surface area contributed by atoms with E-state index >= 15 is 0 Å². The Morgan fingerprint density at radius 2 is 2.50 bits per heavy atom. The number of hydrogen-bond acceptors (Lipinski definition) is 3. The van der Waals surface area contributed by atoms with Crippen LogP contribution in [0.3, 0.4) is 0 Å². The second-order valence-electron chi connectivity index (χ2n) is 2.89. The number of carbonyl (C=O) groups is 1. The van der Waals surface area contributed by atoms with Gasteiger partial charge in [0.2, 0.25) is 5.91 Å². The summed E-state index contributed by atoms with van der Waals surface area (Å²) in [5, 5.41) is 4.78. The number of anilines is 1. The summed E-state index contributed by atoms with van der Waals surface area (Å²) in [7, 11) is 0. The Hall–Kier alpha value is -0.870. The lowest BCUT2D eigenvalue weighted by Gasteiger charge is -2.04. The van der Waals surface area contributed by atoms with Crippen molar-refractivity contribution in [2.75, 3.05) is 5.32 Å². The van der Waals surface area contributed by atoms with E-state index in [9.17, 15) is 4.79 Å². The first-order valence-corrected chi connectivity index (χ1v) is 4.78. The quantitative estimate of drug-likeness (QED) is 0.638. The molecule has 0 radical (unpaired) electrons. The number of thiophene rings is 1. The number of nitrogens with two attached hydrogens (primary N) is 1. The van der Waals surface area contributed by atoms with Gasteiger partial charge in [-0.15, -0.1) is 11.3 Å². The first-order chi connectivity index (χ1) is 5.77. The SMILES string of the molecule is N[C@@H]1CCC(=O)Nc2ccsc21. The van der Waals surface area contributed by atoms with Crippen LogP contribution in [0.25, 0.3) is 0 Å². The summed E-state index contributed by atoms with van der Waals surface area (Å²) in [6, 6.07) is 1.93. The molecule has 1 aromatic rings. The minimum absolute atomic E-state index is 0.0268. The van der Waals surface area contributed by atoms with Crippen LogP contribution in [0.1, 0.15) is 23.8 Å². The zero-order valence-corrected chi connectivity index (χ0v) is 7.36. The molecule has 2 heterocycles. The number of fused-ring (bicyclic) bond motifs is 1. The normalized spacial score (nSPS) is 22.8. The second-order valence-corrected chi connectivity index (χ2v) is 3.84. The van der Waals surface area contributed by atoms with Crippen LogP contribution < -0.4 is 11.1 Å². The van der Waals surface area contributed by atoms with Crippen molar-refractivity contribution >= 4 is 22.9 Å². The summed E-state index contributed by atoms with van der Waals surface area (Å²) in [5.74, 6) is 0.0719. The second kappa shape index (κ2) is 2.88. The van der Waals surface area contributed by atoms with Gasteiger partial charge in [-0.3, -0.25) is 4.79 Å². The van der Waals surface area contributed by atoms with E-state index in [0.29, 0.717) is 6.42 Å². The number of rotatable bonds is 0. The molecule has 12 heavy (non-hydrogen) atoms. The van der Waals surface area contributed by atoms with Gasteiger partial charge in [-0.2, -0.15) is 0 Å². The molecule has 3 nitrogen and oxygen atoms in total. The third kappa shape index (κ3) is 1.23. The van der Waals surface area contributed by atoms with Crippen molar-refractivity contribution < 1.29 is 4.79 Å². The van der Waals surface area contributed by atoms with Gasteiger partial charge >= 0.3 is 0 Å². The lowest BCUT2D eigenvalue weighted by molar-refractivity contribution is -0.116. The van der Waals surface area contributed by atoms with E-state index in [4.69, 9.17) is 5.73 Å². The average Bonchev–Trinajstić information content (AvgIpc) is 2.44. The van der Waals surface area contributed by atoms with Crippen molar-refractivity contribution in [2.45, 2.75) is 18.9 Å². The summed E-state index contributed by atoms with van der Waals surface area (Å²) in [4.78, 5) is 12.2. The Labute approximate surface area is 74.6 Å². The molecule has 0 fully saturated rings. The molecule has 0 saturated carbocycles. The number of amides is 1. The van der Waals surface area contributed by atoms with Crippen LogP contribution in [0.2, 0.25) is 0 Å². The largest absolute Gasteiger partial charge is 0.325 e. The number of nitrogens with one attached hydrogen (secondary N) is 1. The van der Waals surface area contributed by atoms with Crippen molar-refractivity contribution in [1.29, 1.82) is 0 Å². The van der Waals surface area contributed by atoms with Crippen LogP contribution in [0.4, 0.5) is 5.69 Å². The first kappa shape index (κ1) is 7.76. The lowest BCUT2D eigenvalue weighted by atomic mass is 10.1. The topological polar surface area (TPSA) is 55.1 Å². The molecule has 64 valence electrons. The van der Waals surface area contributed by atoms with Gasteiger partial charge in [-0.25, -0.2) is 0 Å². The number of hydrogen-bond donors (Lipinski definition) is 2. The van der Waals surface area contributed by atoms with Crippen LogP contribution in [0, 0.1) is 0 Å². The maximum absolute atomic E-state index is 11.1. The third-order valence-electron chi connectivity index (χ3n) is 1.99. The smallest absolute Gasteiger partial charge is 0.224 e. The monoisotopic (exact) mass is 182 g/mol. The molecule has 1 aromatic heterocycles. The molecule has 0 unspecified atom stereocenters. The third-order valence-corrected chi connectivity index (χ3v) is 3.04. The molecule has 0 aliphatic carbocycles. The molecular weight excluding hydrogens is 172 g/mol. The molecule has 0 aromatic carbocycles. The van der Waals surface area contributed by atoms with Crippen LogP contribution >= 0.6 is 11.3 Å². The maximum Gasteiger partial charge on any atom is 0.224 e. The Kier molecular flexibility index (Phi) is 1.86. The van der Waals surface area contributed by atoms with Gasteiger partial charge in [0, 0.05) is 17.3 Å². The molecular formula is C8H10N2OS. The van der Waals surface area contributed by atoms with Crippen molar-refractivity contribution in [3.05, 3.63) is 16.3 Å². The molecule has 4 heteroatoms. The Morgan fingerprint density at radius 1 is 1.67 bits per heavy atom. The predicted octanol–water partition coefficient (Wildman–Crippen LogP) is 1.48. The van der Waals surface area contributed by atoms with Crippen LogP contribution in [-0.2, 0) is 4.79 Å². The van der Waals surface area contributed by atoms with E-state index in [-0.39, 0.29) is 11.9 Å². The van der Waals surface area contributed by atoms with Crippen molar-refractivity contribution in [3.8, 4) is 0 Å². The van der Waals surface area contributed by atoms with E-state index in [2.05, 4.69) is 5.32 Å². The highest BCUT2D eigenvalue weighted by Crippen LogP contribution is 2.32. The van der Waals surface area contributed by atoms with E-state index in [1.54, 1.807) is 11.3 Å². The summed E-state index contributed by atoms with van der Waals surface area (Å²) in [6.07, 6.45) is 1.28. The van der Waals surface area contributed by atoms with E-state index < -0.39 is 0 Å². The zero-order valence-electron chi connectivity index (χ0n) is 6.54. The van der Waals surface area contributed by atoms with Gasteiger partial charge in [0.05, 0.1) is 5.69 Å². The molecule has 1 aliphatic rings. The molecule has 3 N–H and O–H groups in total. The highest BCUT2D eigenvalue weighted by atomic mass is 32.1. The van der Waals surface area contributed by atoms with Crippen LogP contribution in [0.15, 0.2) is 11.4 Å². The Morgan fingerprint density at radius 3 is 3.33 bits per heavy atom. The van der Waals surface area contributed by atoms with E-state index in [1.807, 2.05) is 11.4 Å². The first-order valence-electron chi connectivity index (χ1n) is 3.90. The molecule has 0 saturated heterocycles. The van der Waals surface area contributed by atoms with Gasteiger partial charge in [0.25, 0.3) is 0 Å². The van der Waals surface area contributed by atoms with Crippen LogP contribution in [0.5, 0.6) is 0 Å². The molecule has 1 aliphatic heterocycles. The van der Waals surface area contributed by atoms with Gasteiger partial charge < -0.3 is 11.1 Å². The Balaban J connectivity index is 2.38. The van der Waals surface area contributed by atoms with Crippen molar-refractivity contribution in [3.63, 3.8) is 0 Å². The average molecular weight is 182 g/mol. The summed E-state index contributed by atoms with van der Waals surface area (Å²) >= 11 is 1.61.